The topological polar surface area (TPSA) is 79.0 Å². The molecule has 0 spiro atoms. The number of aromatic amines is 1. The van der Waals surface area contributed by atoms with E-state index in [0.29, 0.717) is 17.1 Å². The van der Waals surface area contributed by atoms with Gasteiger partial charge in [-0.25, -0.2) is 4.79 Å². The molecule has 0 aliphatic heterocycles. The summed E-state index contributed by atoms with van der Waals surface area (Å²) in [5, 5.41) is 12.3. The van der Waals surface area contributed by atoms with Crippen LogP contribution in [-0.4, -0.2) is 23.3 Å². The van der Waals surface area contributed by atoms with E-state index in [9.17, 15) is 4.79 Å². The summed E-state index contributed by atoms with van der Waals surface area (Å²) in [7, 11) is 1.56. The number of urea groups is 1. The summed E-state index contributed by atoms with van der Waals surface area (Å²) in [6.45, 7) is 3.67. The van der Waals surface area contributed by atoms with Gasteiger partial charge in [0.25, 0.3) is 0 Å². The van der Waals surface area contributed by atoms with Crippen molar-refractivity contribution < 1.29 is 9.53 Å². The average molecular weight is 260 g/mol. The van der Waals surface area contributed by atoms with Crippen LogP contribution >= 0.6 is 0 Å². The lowest BCUT2D eigenvalue weighted by Gasteiger charge is -2.10. The molecule has 2 rings (SSSR count). The van der Waals surface area contributed by atoms with Gasteiger partial charge in [0.2, 0.25) is 0 Å². The fourth-order valence-corrected chi connectivity index (χ4v) is 1.75. The number of nitrogens with zero attached hydrogens (tertiary/aromatic N) is 1. The summed E-state index contributed by atoms with van der Waals surface area (Å²) in [6, 6.07) is 6.88. The maximum Gasteiger partial charge on any atom is 0.323 e. The van der Waals surface area contributed by atoms with Crippen LogP contribution in [0.2, 0.25) is 0 Å². The summed E-state index contributed by atoms with van der Waals surface area (Å²) in [5.41, 5.74) is 2.86. The van der Waals surface area contributed by atoms with Crippen molar-refractivity contribution >= 4 is 17.4 Å². The van der Waals surface area contributed by atoms with Crippen molar-refractivity contribution in [3.8, 4) is 5.75 Å². The number of methoxy groups -OCH3 is 1. The lowest BCUT2D eigenvalue weighted by Crippen LogP contribution is -2.20. The molecule has 2 amide bonds. The van der Waals surface area contributed by atoms with Gasteiger partial charge in [-0.05, 0) is 26.0 Å². The van der Waals surface area contributed by atoms with Crippen molar-refractivity contribution in [3.63, 3.8) is 0 Å². The Morgan fingerprint density at radius 1 is 1.26 bits per heavy atom. The number of para-hydroxylation sites is 2. The molecule has 0 radical (unpaired) electrons. The highest BCUT2D eigenvalue weighted by molar-refractivity contribution is 6.01. The van der Waals surface area contributed by atoms with Crippen molar-refractivity contribution in [2.45, 2.75) is 13.8 Å². The highest BCUT2D eigenvalue weighted by atomic mass is 16.5. The number of rotatable bonds is 3. The van der Waals surface area contributed by atoms with Gasteiger partial charge in [0.1, 0.15) is 5.75 Å². The van der Waals surface area contributed by atoms with Gasteiger partial charge in [0, 0.05) is 0 Å². The number of amides is 2. The fraction of sp³-hybridized carbons (Fsp3) is 0.231. The zero-order valence-electron chi connectivity index (χ0n) is 11.1. The number of ether oxygens (including phenoxy) is 1. The standard InChI is InChI=1S/C13H16N4O2/c1-8-12(9(2)17-16-8)15-13(18)14-10-6-4-5-7-11(10)19-3/h4-7H,1-3H3,(H,16,17)(H2,14,15,18). The molecule has 19 heavy (non-hydrogen) atoms. The number of hydrogen-bond acceptors (Lipinski definition) is 3. The molecular weight excluding hydrogens is 244 g/mol. The molecular formula is C13H16N4O2. The summed E-state index contributed by atoms with van der Waals surface area (Å²) >= 11 is 0. The first-order valence-corrected chi connectivity index (χ1v) is 5.84. The molecule has 100 valence electrons. The summed E-state index contributed by atoms with van der Waals surface area (Å²) < 4.78 is 5.17. The second-order valence-electron chi connectivity index (χ2n) is 4.09. The minimum atomic E-state index is -0.336. The molecule has 1 aromatic heterocycles. The maximum atomic E-state index is 11.9. The molecule has 1 heterocycles. The Kier molecular flexibility index (Phi) is 3.70. The molecule has 0 atom stereocenters. The van der Waals surface area contributed by atoms with Gasteiger partial charge in [-0.15, -0.1) is 0 Å². The van der Waals surface area contributed by atoms with Crippen molar-refractivity contribution in [3.05, 3.63) is 35.7 Å². The Balaban J connectivity index is 2.10. The summed E-state index contributed by atoms with van der Waals surface area (Å²) in [5.74, 6) is 0.610. The van der Waals surface area contributed by atoms with Crippen molar-refractivity contribution in [2.75, 3.05) is 17.7 Å². The van der Waals surface area contributed by atoms with Gasteiger partial charge in [0.15, 0.2) is 0 Å². The minimum absolute atomic E-state index is 0.336. The Morgan fingerprint density at radius 3 is 2.63 bits per heavy atom. The lowest BCUT2D eigenvalue weighted by molar-refractivity contribution is 0.262. The molecule has 0 saturated carbocycles. The molecule has 1 aromatic carbocycles. The van der Waals surface area contributed by atoms with E-state index in [4.69, 9.17) is 4.74 Å². The van der Waals surface area contributed by atoms with E-state index < -0.39 is 0 Å². The van der Waals surface area contributed by atoms with Gasteiger partial charge in [-0.2, -0.15) is 5.10 Å². The summed E-state index contributed by atoms with van der Waals surface area (Å²) in [4.78, 5) is 11.9. The van der Waals surface area contributed by atoms with Crippen molar-refractivity contribution in [1.82, 2.24) is 10.2 Å². The van der Waals surface area contributed by atoms with Crippen molar-refractivity contribution in [1.29, 1.82) is 0 Å². The van der Waals surface area contributed by atoms with E-state index in [2.05, 4.69) is 20.8 Å². The normalized spacial score (nSPS) is 10.1. The zero-order valence-corrected chi connectivity index (χ0v) is 11.1. The largest absolute Gasteiger partial charge is 0.495 e. The van der Waals surface area contributed by atoms with Gasteiger partial charge < -0.3 is 15.4 Å². The molecule has 0 aliphatic carbocycles. The molecule has 0 saturated heterocycles. The second-order valence-corrected chi connectivity index (χ2v) is 4.09. The second kappa shape index (κ2) is 5.43. The number of hydrogen-bond donors (Lipinski definition) is 3. The first kappa shape index (κ1) is 12.9. The monoisotopic (exact) mass is 260 g/mol. The lowest BCUT2D eigenvalue weighted by atomic mass is 10.3. The van der Waals surface area contributed by atoms with Gasteiger partial charge in [0.05, 0.1) is 29.9 Å². The highest BCUT2D eigenvalue weighted by Gasteiger charge is 2.11. The third-order valence-electron chi connectivity index (χ3n) is 2.72. The maximum absolute atomic E-state index is 11.9. The van der Waals surface area contributed by atoms with Gasteiger partial charge in [-0.1, -0.05) is 12.1 Å². The number of benzene rings is 1. The molecule has 0 fully saturated rings. The third-order valence-corrected chi connectivity index (χ3v) is 2.72. The fourth-order valence-electron chi connectivity index (χ4n) is 1.75. The Bertz CT molecular complexity index is 573. The van der Waals surface area contributed by atoms with Crippen LogP contribution in [0.25, 0.3) is 0 Å². The quantitative estimate of drug-likeness (QED) is 0.793. The molecule has 2 aromatic rings. The molecule has 3 N–H and O–H groups in total. The number of aryl methyl sites for hydroxylation is 2. The van der Waals surface area contributed by atoms with Crippen LogP contribution in [0, 0.1) is 13.8 Å². The zero-order chi connectivity index (χ0) is 13.8. The van der Waals surface area contributed by atoms with E-state index in [1.165, 1.54) is 0 Å². The van der Waals surface area contributed by atoms with Gasteiger partial charge >= 0.3 is 6.03 Å². The van der Waals surface area contributed by atoms with Crippen LogP contribution in [0.1, 0.15) is 11.4 Å². The van der Waals surface area contributed by atoms with Gasteiger partial charge in [-0.3, -0.25) is 5.10 Å². The SMILES string of the molecule is COc1ccccc1NC(=O)Nc1c(C)n[nH]c1C. The highest BCUT2D eigenvalue weighted by Crippen LogP contribution is 2.23. The van der Waals surface area contributed by atoms with Crippen LogP contribution in [0.4, 0.5) is 16.2 Å². The molecule has 0 bridgehead atoms. The summed E-state index contributed by atoms with van der Waals surface area (Å²) in [6.07, 6.45) is 0. The predicted octanol–water partition coefficient (Wildman–Crippen LogP) is 2.68. The number of carbonyl (C=O) groups excluding carboxylic acids is 1. The number of H-pyrrole nitrogens is 1. The number of nitrogens with one attached hydrogen (secondary N) is 3. The van der Waals surface area contributed by atoms with E-state index in [1.54, 1.807) is 19.2 Å². The Morgan fingerprint density at radius 2 is 2.00 bits per heavy atom. The number of carbonyl (C=O) groups is 1. The van der Waals surface area contributed by atoms with E-state index in [1.807, 2.05) is 26.0 Å². The first-order chi connectivity index (χ1) is 9.11. The predicted molar refractivity (Wildman–Crippen MR) is 73.7 cm³/mol. The number of aromatic nitrogens is 2. The Hall–Kier alpha value is -2.50. The van der Waals surface area contributed by atoms with Crippen LogP contribution in [0.3, 0.4) is 0 Å². The number of anilines is 2. The van der Waals surface area contributed by atoms with E-state index >= 15 is 0 Å². The minimum Gasteiger partial charge on any atom is -0.495 e. The molecule has 0 aliphatic rings. The first-order valence-electron chi connectivity index (χ1n) is 5.84. The van der Waals surface area contributed by atoms with E-state index in [0.717, 1.165) is 11.4 Å². The third kappa shape index (κ3) is 2.85. The smallest absolute Gasteiger partial charge is 0.323 e. The van der Waals surface area contributed by atoms with Crippen molar-refractivity contribution in [2.24, 2.45) is 0 Å². The van der Waals surface area contributed by atoms with Crippen LogP contribution in [0.15, 0.2) is 24.3 Å². The average Bonchev–Trinajstić information content (AvgIpc) is 2.71. The van der Waals surface area contributed by atoms with Crippen LogP contribution < -0.4 is 15.4 Å². The molecule has 6 nitrogen and oxygen atoms in total. The van der Waals surface area contributed by atoms with Crippen LogP contribution in [-0.2, 0) is 0 Å². The molecule has 6 heteroatoms. The van der Waals surface area contributed by atoms with E-state index in [-0.39, 0.29) is 6.03 Å². The van der Waals surface area contributed by atoms with Crippen LogP contribution in [0.5, 0.6) is 5.75 Å². The Labute approximate surface area is 111 Å². The molecule has 0 unspecified atom stereocenters.